The summed E-state index contributed by atoms with van der Waals surface area (Å²) in [7, 11) is 0. The van der Waals surface area contributed by atoms with E-state index in [1.54, 1.807) is 17.6 Å². The fraction of sp³-hybridized carbons (Fsp3) is 0.500. The van der Waals surface area contributed by atoms with Gasteiger partial charge >= 0.3 is 0 Å². The molecule has 26 heavy (non-hydrogen) atoms. The van der Waals surface area contributed by atoms with Crippen LogP contribution in [0, 0.1) is 6.92 Å². The molecule has 2 heterocycles. The summed E-state index contributed by atoms with van der Waals surface area (Å²) in [5, 5.41) is 7.04. The lowest BCUT2D eigenvalue weighted by molar-refractivity contribution is 0.216. The van der Waals surface area contributed by atoms with Crippen molar-refractivity contribution >= 4 is 22.7 Å². The van der Waals surface area contributed by atoms with Crippen LogP contribution in [-0.2, 0) is 0 Å². The first kappa shape index (κ1) is 18.9. The monoisotopic (exact) mass is 372 g/mol. The SMILES string of the molecule is Cc1csc(NN=Cc2cccc(OCCCCN3CCCCC3)c2)n1. The molecule has 1 aliphatic rings. The van der Waals surface area contributed by atoms with Gasteiger partial charge in [0.05, 0.1) is 18.5 Å². The second-order valence-electron chi connectivity index (χ2n) is 6.69. The molecule has 0 spiro atoms. The van der Waals surface area contributed by atoms with E-state index < -0.39 is 0 Å². The number of benzene rings is 1. The highest BCUT2D eigenvalue weighted by Gasteiger charge is 2.08. The Kier molecular flexibility index (Phi) is 7.46. The van der Waals surface area contributed by atoms with E-state index >= 15 is 0 Å². The molecule has 0 amide bonds. The lowest BCUT2D eigenvalue weighted by Gasteiger charge is -2.26. The maximum atomic E-state index is 5.89. The summed E-state index contributed by atoms with van der Waals surface area (Å²) in [4.78, 5) is 6.90. The van der Waals surface area contributed by atoms with Crippen LogP contribution in [0.4, 0.5) is 5.13 Å². The predicted molar refractivity (Wildman–Crippen MR) is 110 cm³/mol. The minimum atomic E-state index is 0.769. The zero-order valence-corrected chi connectivity index (χ0v) is 16.3. The molecule has 0 unspecified atom stereocenters. The van der Waals surface area contributed by atoms with Crippen molar-refractivity contribution in [3.8, 4) is 5.75 Å². The van der Waals surface area contributed by atoms with Crippen molar-refractivity contribution < 1.29 is 4.74 Å². The Balaban J connectivity index is 1.36. The molecular formula is C20H28N4OS. The smallest absolute Gasteiger partial charge is 0.203 e. The molecule has 0 atom stereocenters. The van der Waals surface area contributed by atoms with Crippen LogP contribution in [0.15, 0.2) is 34.7 Å². The molecule has 1 saturated heterocycles. The maximum Gasteiger partial charge on any atom is 0.203 e. The third-order valence-electron chi connectivity index (χ3n) is 4.44. The highest BCUT2D eigenvalue weighted by atomic mass is 32.1. The van der Waals surface area contributed by atoms with E-state index in [0.717, 1.165) is 35.2 Å². The molecule has 5 nitrogen and oxygen atoms in total. The van der Waals surface area contributed by atoms with Gasteiger partial charge in [0.25, 0.3) is 0 Å². The Morgan fingerprint density at radius 2 is 2.15 bits per heavy atom. The number of aromatic nitrogens is 1. The summed E-state index contributed by atoms with van der Waals surface area (Å²) in [6.45, 7) is 6.50. The van der Waals surface area contributed by atoms with Crippen molar-refractivity contribution in [2.75, 3.05) is 31.7 Å². The van der Waals surface area contributed by atoms with Crippen molar-refractivity contribution in [1.82, 2.24) is 9.88 Å². The first-order valence-corrected chi connectivity index (χ1v) is 10.3. The van der Waals surface area contributed by atoms with E-state index in [1.165, 1.54) is 45.3 Å². The fourth-order valence-corrected chi connectivity index (χ4v) is 3.70. The Labute approximate surface area is 160 Å². The van der Waals surface area contributed by atoms with Crippen LogP contribution in [0.3, 0.4) is 0 Å². The molecule has 140 valence electrons. The molecule has 0 aliphatic carbocycles. The first-order valence-electron chi connectivity index (χ1n) is 9.46. The molecule has 1 aromatic heterocycles. The molecule has 6 heteroatoms. The highest BCUT2D eigenvalue weighted by molar-refractivity contribution is 7.13. The van der Waals surface area contributed by atoms with Crippen LogP contribution in [-0.4, -0.2) is 42.3 Å². The third-order valence-corrected chi connectivity index (χ3v) is 5.30. The van der Waals surface area contributed by atoms with Gasteiger partial charge in [-0.25, -0.2) is 4.98 Å². The number of hydrogen-bond donors (Lipinski definition) is 1. The number of aryl methyl sites for hydroxylation is 1. The number of likely N-dealkylation sites (tertiary alicyclic amines) is 1. The van der Waals surface area contributed by atoms with Crippen LogP contribution >= 0.6 is 11.3 Å². The van der Waals surface area contributed by atoms with E-state index in [4.69, 9.17) is 4.74 Å². The minimum Gasteiger partial charge on any atom is -0.494 e. The number of hydrogen-bond acceptors (Lipinski definition) is 6. The number of ether oxygens (including phenoxy) is 1. The van der Waals surface area contributed by atoms with Crippen molar-refractivity contribution in [2.45, 2.75) is 39.0 Å². The molecule has 0 bridgehead atoms. The topological polar surface area (TPSA) is 49.8 Å². The van der Waals surface area contributed by atoms with Crippen LogP contribution < -0.4 is 10.2 Å². The van der Waals surface area contributed by atoms with Crippen molar-refractivity contribution in [3.63, 3.8) is 0 Å². The fourth-order valence-electron chi connectivity index (χ4n) is 3.06. The molecule has 1 N–H and O–H groups in total. The normalized spacial score (nSPS) is 15.4. The average Bonchev–Trinajstić information content (AvgIpc) is 3.08. The van der Waals surface area contributed by atoms with Crippen LogP contribution in [0.25, 0.3) is 0 Å². The minimum absolute atomic E-state index is 0.769. The largest absolute Gasteiger partial charge is 0.494 e. The number of nitrogens with zero attached hydrogens (tertiary/aromatic N) is 3. The number of nitrogens with one attached hydrogen (secondary N) is 1. The summed E-state index contributed by atoms with van der Waals surface area (Å²) in [5.74, 6) is 0.900. The molecule has 3 rings (SSSR count). The highest BCUT2D eigenvalue weighted by Crippen LogP contribution is 2.15. The van der Waals surface area contributed by atoms with E-state index in [0.29, 0.717) is 0 Å². The number of hydrazone groups is 1. The van der Waals surface area contributed by atoms with Gasteiger partial charge in [-0.2, -0.15) is 5.10 Å². The van der Waals surface area contributed by atoms with Gasteiger partial charge in [0.2, 0.25) is 5.13 Å². The lowest BCUT2D eigenvalue weighted by Crippen LogP contribution is -2.30. The predicted octanol–water partition coefficient (Wildman–Crippen LogP) is 4.54. The number of anilines is 1. The first-order chi connectivity index (χ1) is 12.8. The number of piperidine rings is 1. The molecule has 1 fully saturated rings. The second kappa shape index (κ2) is 10.3. The van der Waals surface area contributed by atoms with E-state index in [2.05, 4.69) is 20.4 Å². The maximum absolute atomic E-state index is 5.89. The quantitative estimate of drug-likeness (QED) is 0.399. The zero-order chi connectivity index (χ0) is 18.0. The van der Waals surface area contributed by atoms with Gasteiger partial charge in [0.1, 0.15) is 5.75 Å². The Hall–Kier alpha value is -1.92. The van der Waals surface area contributed by atoms with Gasteiger partial charge in [0.15, 0.2) is 0 Å². The van der Waals surface area contributed by atoms with Gasteiger partial charge < -0.3 is 9.64 Å². The standard InChI is InChI=1S/C20H28N4OS/c1-17-16-26-20(22-17)23-21-15-18-8-7-9-19(14-18)25-13-6-5-12-24-10-3-2-4-11-24/h7-9,14-16H,2-6,10-13H2,1H3,(H,22,23). The van der Waals surface area contributed by atoms with Crippen molar-refractivity contribution in [1.29, 1.82) is 0 Å². The molecular weight excluding hydrogens is 344 g/mol. The molecule has 1 aromatic carbocycles. The summed E-state index contributed by atoms with van der Waals surface area (Å²) >= 11 is 1.55. The summed E-state index contributed by atoms with van der Waals surface area (Å²) in [6, 6.07) is 8.03. The summed E-state index contributed by atoms with van der Waals surface area (Å²) in [5.41, 5.74) is 4.97. The van der Waals surface area contributed by atoms with E-state index in [1.807, 2.05) is 36.6 Å². The molecule has 2 aromatic rings. The van der Waals surface area contributed by atoms with E-state index in [9.17, 15) is 0 Å². The van der Waals surface area contributed by atoms with Gasteiger partial charge in [-0.3, -0.25) is 5.43 Å². The second-order valence-corrected chi connectivity index (χ2v) is 7.55. The van der Waals surface area contributed by atoms with Crippen LogP contribution in [0.1, 0.15) is 43.4 Å². The summed E-state index contributed by atoms with van der Waals surface area (Å²) < 4.78 is 5.89. The van der Waals surface area contributed by atoms with Crippen molar-refractivity contribution in [3.05, 3.63) is 40.9 Å². The number of thiazole rings is 1. The average molecular weight is 373 g/mol. The van der Waals surface area contributed by atoms with Crippen LogP contribution in [0.2, 0.25) is 0 Å². The molecule has 0 radical (unpaired) electrons. The third kappa shape index (κ3) is 6.42. The zero-order valence-electron chi connectivity index (χ0n) is 15.5. The van der Waals surface area contributed by atoms with Gasteiger partial charge in [-0.1, -0.05) is 18.6 Å². The van der Waals surface area contributed by atoms with Gasteiger partial charge in [0, 0.05) is 5.38 Å². The van der Waals surface area contributed by atoms with Gasteiger partial charge in [-0.05, 0) is 69.9 Å². The Morgan fingerprint density at radius 1 is 1.27 bits per heavy atom. The van der Waals surface area contributed by atoms with Crippen LogP contribution in [0.5, 0.6) is 5.75 Å². The van der Waals surface area contributed by atoms with Gasteiger partial charge in [-0.15, -0.1) is 11.3 Å². The lowest BCUT2D eigenvalue weighted by atomic mass is 10.1. The van der Waals surface area contributed by atoms with Crippen molar-refractivity contribution in [2.24, 2.45) is 5.10 Å². The molecule has 1 aliphatic heterocycles. The Morgan fingerprint density at radius 3 is 2.96 bits per heavy atom. The Bertz CT molecular complexity index is 695. The number of unbranched alkanes of at least 4 members (excludes halogenated alkanes) is 1. The molecule has 0 saturated carbocycles. The summed E-state index contributed by atoms with van der Waals surface area (Å²) in [6.07, 6.45) is 8.22. The number of rotatable bonds is 9. The van der Waals surface area contributed by atoms with E-state index in [-0.39, 0.29) is 0 Å².